The van der Waals surface area contributed by atoms with Gasteiger partial charge in [-0.05, 0) is 37.3 Å². The number of carbonyl (C=O) groups excluding carboxylic acids is 1. The van der Waals surface area contributed by atoms with Crippen LogP contribution in [0.4, 0.5) is 0 Å². The maximum atomic E-state index is 11.5. The predicted octanol–water partition coefficient (Wildman–Crippen LogP) is 3.70. The highest BCUT2D eigenvalue weighted by atomic mass is 35.5. The summed E-state index contributed by atoms with van der Waals surface area (Å²) in [5.41, 5.74) is 0.488. The summed E-state index contributed by atoms with van der Waals surface area (Å²) < 4.78 is 10.5. The molecule has 0 bridgehead atoms. The number of hydrogen-bond acceptors (Lipinski definition) is 4. The van der Waals surface area contributed by atoms with E-state index in [1.807, 2.05) is 0 Å². The normalized spacial score (nSPS) is 10.0. The van der Waals surface area contributed by atoms with Gasteiger partial charge in [-0.25, -0.2) is 9.78 Å². The van der Waals surface area contributed by atoms with E-state index in [9.17, 15) is 4.79 Å². The van der Waals surface area contributed by atoms with Gasteiger partial charge in [-0.15, -0.1) is 0 Å². The molecule has 0 amide bonds. The van der Waals surface area contributed by atoms with Gasteiger partial charge in [0.25, 0.3) is 0 Å². The van der Waals surface area contributed by atoms with Gasteiger partial charge in [-0.1, -0.05) is 11.6 Å². The summed E-state index contributed by atoms with van der Waals surface area (Å²) >= 11 is 5.76. The Kier molecular flexibility index (Phi) is 4.36. The lowest BCUT2D eigenvalue weighted by atomic mass is 10.2. The van der Waals surface area contributed by atoms with Crippen LogP contribution in [0.25, 0.3) is 0 Å². The molecule has 0 aliphatic rings. The van der Waals surface area contributed by atoms with E-state index in [1.165, 1.54) is 0 Å². The van der Waals surface area contributed by atoms with Crippen LogP contribution in [0.3, 0.4) is 0 Å². The first-order valence-corrected chi connectivity index (χ1v) is 6.13. The molecular weight excluding hydrogens is 266 g/mol. The average Bonchev–Trinajstić information content (AvgIpc) is 2.40. The molecule has 0 saturated heterocycles. The Bertz CT molecular complexity index is 569. The van der Waals surface area contributed by atoms with Crippen LogP contribution in [0.1, 0.15) is 17.3 Å². The zero-order valence-electron chi connectivity index (χ0n) is 10.3. The summed E-state index contributed by atoms with van der Waals surface area (Å²) in [7, 11) is 0. The molecule has 0 aliphatic carbocycles. The average molecular weight is 278 g/mol. The van der Waals surface area contributed by atoms with Gasteiger partial charge in [-0.2, -0.15) is 0 Å². The number of aromatic nitrogens is 1. The van der Waals surface area contributed by atoms with E-state index >= 15 is 0 Å². The second-order valence-corrected chi connectivity index (χ2v) is 4.05. The van der Waals surface area contributed by atoms with Crippen molar-refractivity contribution >= 4 is 17.6 Å². The lowest BCUT2D eigenvalue weighted by Gasteiger charge is -2.06. The van der Waals surface area contributed by atoms with E-state index in [0.29, 0.717) is 28.8 Å². The van der Waals surface area contributed by atoms with Crippen LogP contribution in [-0.4, -0.2) is 17.6 Å². The van der Waals surface area contributed by atoms with Crippen LogP contribution in [0.5, 0.6) is 11.5 Å². The number of nitrogens with zero attached hydrogens (tertiary/aromatic N) is 1. The Morgan fingerprint density at radius 1 is 1.21 bits per heavy atom. The van der Waals surface area contributed by atoms with Gasteiger partial charge in [-0.3, -0.25) is 0 Å². The van der Waals surface area contributed by atoms with Crippen molar-refractivity contribution < 1.29 is 14.3 Å². The number of esters is 1. The third-order valence-corrected chi connectivity index (χ3v) is 2.51. The van der Waals surface area contributed by atoms with Gasteiger partial charge in [0.05, 0.1) is 12.2 Å². The van der Waals surface area contributed by atoms with Crippen LogP contribution in [0.2, 0.25) is 5.15 Å². The molecule has 0 saturated carbocycles. The number of rotatable bonds is 4. The molecule has 2 aromatic rings. The third-order valence-electron chi connectivity index (χ3n) is 2.30. The van der Waals surface area contributed by atoms with E-state index in [1.54, 1.807) is 49.5 Å². The Balaban J connectivity index is 2.08. The molecule has 1 aromatic heterocycles. The van der Waals surface area contributed by atoms with Gasteiger partial charge in [0.2, 0.25) is 0 Å². The quantitative estimate of drug-likeness (QED) is 0.631. The monoisotopic (exact) mass is 277 g/mol. The fraction of sp³-hybridized carbons (Fsp3) is 0.143. The fourth-order valence-electron chi connectivity index (χ4n) is 1.46. The lowest BCUT2D eigenvalue weighted by Crippen LogP contribution is -2.03. The molecule has 0 N–H and O–H groups in total. The zero-order chi connectivity index (χ0) is 13.7. The minimum absolute atomic E-state index is 0.346. The summed E-state index contributed by atoms with van der Waals surface area (Å²) in [5, 5.41) is 0.362. The topological polar surface area (TPSA) is 48.4 Å². The SMILES string of the molecule is CCOC(=O)c1ccc(Oc2ccnc(Cl)c2)cc1. The summed E-state index contributed by atoms with van der Waals surface area (Å²) in [6.07, 6.45) is 1.56. The number of hydrogen-bond donors (Lipinski definition) is 0. The molecule has 98 valence electrons. The first-order chi connectivity index (χ1) is 9.19. The van der Waals surface area contributed by atoms with Crippen LogP contribution < -0.4 is 4.74 Å². The molecule has 4 nitrogen and oxygen atoms in total. The number of carbonyl (C=O) groups is 1. The lowest BCUT2D eigenvalue weighted by molar-refractivity contribution is 0.0526. The molecule has 19 heavy (non-hydrogen) atoms. The molecule has 0 spiro atoms. The second kappa shape index (κ2) is 6.20. The van der Waals surface area contributed by atoms with Crippen molar-refractivity contribution in [1.82, 2.24) is 4.98 Å². The van der Waals surface area contributed by atoms with E-state index in [0.717, 1.165) is 0 Å². The van der Waals surface area contributed by atoms with Crippen molar-refractivity contribution in [2.75, 3.05) is 6.61 Å². The van der Waals surface area contributed by atoms with Gasteiger partial charge in [0, 0.05) is 12.3 Å². The van der Waals surface area contributed by atoms with Crippen molar-refractivity contribution in [1.29, 1.82) is 0 Å². The van der Waals surface area contributed by atoms with Crippen molar-refractivity contribution in [2.24, 2.45) is 0 Å². The maximum absolute atomic E-state index is 11.5. The number of halogens is 1. The van der Waals surface area contributed by atoms with Crippen LogP contribution in [0.15, 0.2) is 42.6 Å². The standard InChI is InChI=1S/C14H12ClNO3/c1-2-18-14(17)10-3-5-11(6-4-10)19-12-7-8-16-13(15)9-12/h3-9H,2H2,1H3. The van der Waals surface area contributed by atoms with Gasteiger partial charge in [0.15, 0.2) is 0 Å². The minimum atomic E-state index is -0.346. The van der Waals surface area contributed by atoms with Crippen molar-refractivity contribution in [3.8, 4) is 11.5 Å². The Morgan fingerprint density at radius 2 is 1.95 bits per heavy atom. The van der Waals surface area contributed by atoms with Gasteiger partial charge < -0.3 is 9.47 Å². The zero-order valence-corrected chi connectivity index (χ0v) is 11.1. The van der Waals surface area contributed by atoms with E-state index < -0.39 is 0 Å². The highest BCUT2D eigenvalue weighted by Crippen LogP contribution is 2.23. The molecule has 2 rings (SSSR count). The molecule has 0 unspecified atom stereocenters. The minimum Gasteiger partial charge on any atom is -0.462 e. The molecule has 0 fully saturated rings. The van der Waals surface area contributed by atoms with Crippen molar-refractivity contribution in [2.45, 2.75) is 6.92 Å². The first kappa shape index (κ1) is 13.4. The smallest absolute Gasteiger partial charge is 0.338 e. The molecule has 1 heterocycles. The second-order valence-electron chi connectivity index (χ2n) is 3.66. The van der Waals surface area contributed by atoms with Gasteiger partial charge >= 0.3 is 5.97 Å². The third kappa shape index (κ3) is 3.69. The first-order valence-electron chi connectivity index (χ1n) is 5.75. The summed E-state index contributed by atoms with van der Waals surface area (Å²) in [6, 6.07) is 10.00. The molecular formula is C14H12ClNO3. The van der Waals surface area contributed by atoms with Crippen molar-refractivity contribution in [3.63, 3.8) is 0 Å². The molecule has 0 radical (unpaired) electrons. The van der Waals surface area contributed by atoms with Crippen LogP contribution in [0, 0.1) is 0 Å². The van der Waals surface area contributed by atoms with Gasteiger partial charge in [0.1, 0.15) is 16.7 Å². The Morgan fingerprint density at radius 3 is 2.58 bits per heavy atom. The number of pyridine rings is 1. The highest BCUT2D eigenvalue weighted by molar-refractivity contribution is 6.29. The van der Waals surface area contributed by atoms with Crippen molar-refractivity contribution in [3.05, 3.63) is 53.3 Å². The van der Waals surface area contributed by atoms with E-state index in [2.05, 4.69) is 4.98 Å². The van der Waals surface area contributed by atoms with E-state index in [-0.39, 0.29) is 5.97 Å². The summed E-state index contributed by atoms with van der Waals surface area (Å²) in [4.78, 5) is 15.3. The number of benzene rings is 1. The Hall–Kier alpha value is -2.07. The fourth-order valence-corrected chi connectivity index (χ4v) is 1.62. The van der Waals surface area contributed by atoms with Crippen LogP contribution in [-0.2, 0) is 4.74 Å². The molecule has 1 aromatic carbocycles. The highest BCUT2D eigenvalue weighted by Gasteiger charge is 2.06. The Labute approximate surface area is 115 Å². The largest absolute Gasteiger partial charge is 0.462 e. The number of ether oxygens (including phenoxy) is 2. The molecule has 5 heteroatoms. The molecule has 0 atom stereocenters. The van der Waals surface area contributed by atoms with E-state index in [4.69, 9.17) is 21.1 Å². The predicted molar refractivity (Wildman–Crippen MR) is 71.7 cm³/mol. The summed E-state index contributed by atoms with van der Waals surface area (Å²) in [5.74, 6) is 0.847. The summed E-state index contributed by atoms with van der Waals surface area (Å²) in [6.45, 7) is 2.12. The van der Waals surface area contributed by atoms with Crippen LogP contribution >= 0.6 is 11.6 Å². The molecule has 0 aliphatic heterocycles. The maximum Gasteiger partial charge on any atom is 0.338 e.